The van der Waals surface area contributed by atoms with Crippen molar-refractivity contribution in [1.29, 1.82) is 0 Å². The summed E-state index contributed by atoms with van der Waals surface area (Å²) in [7, 11) is 5.42. The molecule has 0 saturated carbocycles. The van der Waals surface area contributed by atoms with E-state index in [4.69, 9.17) is 9.47 Å². The molecule has 0 fully saturated rings. The van der Waals surface area contributed by atoms with Crippen molar-refractivity contribution in [1.82, 2.24) is 0 Å². The van der Waals surface area contributed by atoms with Gasteiger partial charge in [0.1, 0.15) is 0 Å². The average Bonchev–Trinajstić information content (AvgIpc) is 2.58. The van der Waals surface area contributed by atoms with Crippen LogP contribution in [0.2, 0.25) is 0 Å². The second-order valence-electron chi connectivity index (χ2n) is 4.35. The van der Waals surface area contributed by atoms with E-state index in [0.717, 1.165) is 9.79 Å². The summed E-state index contributed by atoms with van der Waals surface area (Å²) in [4.78, 5) is 22.2. The van der Waals surface area contributed by atoms with Crippen LogP contribution in [-0.4, -0.2) is 24.1 Å². The Balaban J connectivity index is 2.16. The van der Waals surface area contributed by atoms with E-state index in [0.29, 0.717) is 0 Å². The molecule has 0 aliphatic heterocycles. The van der Waals surface area contributed by atoms with Gasteiger partial charge in [0.25, 0.3) is 0 Å². The maximum Gasteiger partial charge on any atom is 0.310 e. The maximum absolute atomic E-state index is 10.9. The number of ether oxygens (including phenoxy) is 2. The van der Waals surface area contributed by atoms with Gasteiger partial charge >= 0.3 is 11.4 Å². The van der Waals surface area contributed by atoms with Crippen molar-refractivity contribution in [2.24, 2.45) is 0 Å². The normalized spacial score (nSPS) is 10.2. The van der Waals surface area contributed by atoms with Crippen molar-refractivity contribution in [2.45, 2.75) is 9.79 Å². The summed E-state index contributed by atoms with van der Waals surface area (Å²) in [6.45, 7) is 0. The molecule has 126 valence electrons. The lowest BCUT2D eigenvalue weighted by atomic mass is 10.3. The molecule has 0 unspecified atom stereocenters. The van der Waals surface area contributed by atoms with Crippen molar-refractivity contribution in [3.63, 3.8) is 0 Å². The second kappa shape index (κ2) is 7.88. The zero-order valence-corrected chi connectivity index (χ0v) is 14.3. The van der Waals surface area contributed by atoms with E-state index < -0.39 is 9.85 Å². The second-order valence-corrected chi connectivity index (χ2v) is 6.62. The summed E-state index contributed by atoms with van der Waals surface area (Å²) in [6, 6.07) is 9.11. The van der Waals surface area contributed by atoms with Gasteiger partial charge in [-0.2, -0.15) is 0 Å². The Hall–Kier alpha value is -2.46. The minimum absolute atomic E-state index is 0.108. The van der Waals surface area contributed by atoms with Crippen LogP contribution in [-0.2, 0) is 0 Å². The molecule has 0 N–H and O–H groups in total. The highest BCUT2D eigenvalue weighted by molar-refractivity contribution is 8.76. The quantitative estimate of drug-likeness (QED) is 0.404. The first kappa shape index (κ1) is 17.9. The van der Waals surface area contributed by atoms with Gasteiger partial charge in [-0.05, 0) is 12.1 Å². The lowest BCUT2D eigenvalue weighted by Gasteiger charge is -2.06. The van der Waals surface area contributed by atoms with Crippen LogP contribution < -0.4 is 9.47 Å². The predicted octanol–water partition coefficient (Wildman–Crippen LogP) is 4.32. The first-order valence-electron chi connectivity index (χ1n) is 6.45. The van der Waals surface area contributed by atoms with E-state index in [1.807, 2.05) is 0 Å². The van der Waals surface area contributed by atoms with Crippen LogP contribution in [0.5, 0.6) is 11.5 Å². The molecule has 8 nitrogen and oxygen atoms in total. The number of hydrogen-bond donors (Lipinski definition) is 0. The van der Waals surface area contributed by atoms with Crippen LogP contribution >= 0.6 is 21.6 Å². The summed E-state index contributed by atoms with van der Waals surface area (Å²) < 4.78 is 10.0. The minimum atomic E-state index is -0.512. The Morgan fingerprint density at radius 2 is 1.17 bits per heavy atom. The molecule has 0 atom stereocenters. The molecule has 10 heteroatoms. The first-order chi connectivity index (χ1) is 11.5. The van der Waals surface area contributed by atoms with Crippen LogP contribution in [0.25, 0.3) is 0 Å². The molecule has 2 rings (SSSR count). The third-order valence-electron chi connectivity index (χ3n) is 2.93. The lowest BCUT2D eigenvalue weighted by molar-refractivity contribution is -0.385. The molecule has 0 aromatic heterocycles. The Kier molecular flexibility index (Phi) is 5.88. The van der Waals surface area contributed by atoms with E-state index in [-0.39, 0.29) is 22.9 Å². The summed E-state index contributed by atoms with van der Waals surface area (Å²) >= 11 is 0. The van der Waals surface area contributed by atoms with Gasteiger partial charge in [-0.3, -0.25) is 20.2 Å². The van der Waals surface area contributed by atoms with Gasteiger partial charge in [-0.25, -0.2) is 0 Å². The Bertz CT molecular complexity index is 718. The highest BCUT2D eigenvalue weighted by atomic mass is 33.1. The molecule has 2 aromatic carbocycles. The van der Waals surface area contributed by atoms with E-state index in [1.165, 1.54) is 47.9 Å². The van der Waals surface area contributed by atoms with Gasteiger partial charge in [0.2, 0.25) is 0 Å². The summed E-state index contributed by atoms with van der Waals surface area (Å²) in [5, 5.41) is 21.7. The zero-order chi connectivity index (χ0) is 17.7. The number of hydrogen-bond acceptors (Lipinski definition) is 8. The smallest absolute Gasteiger partial charge is 0.310 e. The fourth-order valence-electron chi connectivity index (χ4n) is 1.82. The molecule has 0 aliphatic carbocycles. The number of nitro benzene ring substituents is 2. The molecular weight excluding hydrogens is 356 g/mol. The Morgan fingerprint density at radius 3 is 1.46 bits per heavy atom. The van der Waals surface area contributed by atoms with Gasteiger partial charge in [0, 0.05) is 34.1 Å². The predicted molar refractivity (Wildman–Crippen MR) is 91.0 cm³/mol. The largest absolute Gasteiger partial charge is 0.490 e. The van der Waals surface area contributed by atoms with Crippen LogP contribution in [0.3, 0.4) is 0 Å². The SMILES string of the molecule is COc1cc(SSc2ccc([N+](=O)[O-])c(OC)c2)ccc1[N+](=O)[O-]. The van der Waals surface area contributed by atoms with Crippen LogP contribution in [0.1, 0.15) is 0 Å². The van der Waals surface area contributed by atoms with Crippen molar-refractivity contribution < 1.29 is 19.3 Å². The van der Waals surface area contributed by atoms with E-state index in [2.05, 4.69) is 0 Å². The molecular formula is C14H12N2O6S2. The van der Waals surface area contributed by atoms with Crippen LogP contribution in [0, 0.1) is 20.2 Å². The summed E-state index contributed by atoms with van der Waals surface area (Å²) in [6.07, 6.45) is 0. The molecule has 2 aromatic rings. The lowest BCUT2D eigenvalue weighted by Crippen LogP contribution is -1.93. The topological polar surface area (TPSA) is 105 Å². The Morgan fingerprint density at radius 1 is 0.792 bits per heavy atom. The summed E-state index contributed by atoms with van der Waals surface area (Å²) in [5.74, 6) is 0.346. The average molecular weight is 368 g/mol. The number of nitrogens with zero attached hydrogens (tertiary/aromatic N) is 2. The van der Waals surface area contributed by atoms with Gasteiger partial charge < -0.3 is 9.47 Å². The molecule has 0 amide bonds. The molecule has 24 heavy (non-hydrogen) atoms. The molecule has 0 spiro atoms. The first-order valence-corrected chi connectivity index (χ1v) is 8.60. The standard InChI is InChI=1S/C14H12N2O6S2/c1-21-13-7-9(3-5-11(13)15(17)18)23-24-10-4-6-12(16(19)20)14(8-10)22-2/h3-8H,1-2H3. The van der Waals surface area contributed by atoms with Crippen LogP contribution in [0.4, 0.5) is 11.4 Å². The fraction of sp³-hybridized carbons (Fsp3) is 0.143. The number of benzene rings is 2. The monoisotopic (exact) mass is 368 g/mol. The molecule has 0 aliphatic rings. The van der Waals surface area contributed by atoms with Gasteiger partial charge in [-0.1, -0.05) is 21.6 Å². The third kappa shape index (κ3) is 4.09. The van der Waals surface area contributed by atoms with Gasteiger partial charge in [-0.15, -0.1) is 0 Å². The van der Waals surface area contributed by atoms with Crippen molar-refractivity contribution in [3.8, 4) is 11.5 Å². The summed E-state index contributed by atoms with van der Waals surface area (Å²) in [5.41, 5.74) is -0.215. The van der Waals surface area contributed by atoms with E-state index in [9.17, 15) is 20.2 Å². The number of methoxy groups -OCH3 is 2. The van der Waals surface area contributed by atoms with E-state index in [1.54, 1.807) is 24.3 Å². The third-order valence-corrected chi connectivity index (χ3v) is 5.31. The zero-order valence-electron chi connectivity index (χ0n) is 12.6. The molecule has 0 heterocycles. The number of nitro groups is 2. The molecule has 0 radical (unpaired) electrons. The van der Waals surface area contributed by atoms with Crippen molar-refractivity contribution in [2.75, 3.05) is 14.2 Å². The van der Waals surface area contributed by atoms with Crippen LogP contribution in [0.15, 0.2) is 46.2 Å². The van der Waals surface area contributed by atoms with Gasteiger partial charge in [0.15, 0.2) is 11.5 Å². The molecule has 0 bridgehead atoms. The van der Waals surface area contributed by atoms with Crippen molar-refractivity contribution >= 4 is 33.0 Å². The van der Waals surface area contributed by atoms with E-state index >= 15 is 0 Å². The Labute approximate surface area is 144 Å². The highest BCUT2D eigenvalue weighted by Gasteiger charge is 2.17. The number of rotatable bonds is 7. The fourth-order valence-corrected chi connectivity index (χ4v) is 3.77. The maximum atomic E-state index is 10.9. The highest BCUT2D eigenvalue weighted by Crippen LogP contribution is 2.42. The van der Waals surface area contributed by atoms with Gasteiger partial charge in [0.05, 0.1) is 24.1 Å². The minimum Gasteiger partial charge on any atom is -0.490 e. The molecule has 0 saturated heterocycles. The van der Waals surface area contributed by atoms with Crippen molar-refractivity contribution in [3.05, 3.63) is 56.6 Å².